The van der Waals surface area contributed by atoms with Crippen molar-refractivity contribution in [1.82, 2.24) is 0 Å². The summed E-state index contributed by atoms with van der Waals surface area (Å²) in [6, 6.07) is 4.55. The molecule has 0 saturated heterocycles. The maximum atomic E-state index is 6.44. The van der Waals surface area contributed by atoms with Crippen molar-refractivity contribution in [2.24, 2.45) is 17.6 Å². The minimum atomic E-state index is 0.251. The molecule has 3 unspecified atom stereocenters. The Morgan fingerprint density at radius 2 is 2.19 bits per heavy atom. The topological polar surface area (TPSA) is 26.0 Å². The highest BCUT2D eigenvalue weighted by atomic mass is 79.9. The average Bonchev–Trinajstić information content (AvgIpc) is 2.75. The lowest BCUT2D eigenvalue weighted by Gasteiger charge is -2.34. The molecule has 2 rings (SSSR count). The first-order chi connectivity index (χ1) is 7.72. The predicted molar refractivity (Wildman–Crippen MR) is 74.7 cm³/mol. The van der Waals surface area contributed by atoms with E-state index in [-0.39, 0.29) is 6.04 Å². The maximum absolute atomic E-state index is 6.44. The van der Waals surface area contributed by atoms with Gasteiger partial charge < -0.3 is 5.73 Å². The molecule has 1 aromatic rings. The zero-order chi connectivity index (χ0) is 11.5. The van der Waals surface area contributed by atoms with E-state index in [2.05, 4.69) is 35.0 Å². The highest BCUT2D eigenvalue weighted by molar-refractivity contribution is 9.11. The Morgan fingerprint density at radius 3 is 2.81 bits per heavy atom. The first-order valence-corrected chi connectivity index (χ1v) is 7.84. The van der Waals surface area contributed by atoms with Crippen LogP contribution in [0.1, 0.15) is 49.9 Å². The molecule has 1 heterocycles. The lowest BCUT2D eigenvalue weighted by Crippen LogP contribution is -2.29. The second-order valence-electron chi connectivity index (χ2n) is 4.78. The Morgan fingerprint density at radius 1 is 1.44 bits per heavy atom. The Balaban J connectivity index is 2.10. The Labute approximate surface area is 111 Å². The zero-order valence-corrected chi connectivity index (χ0v) is 12.2. The monoisotopic (exact) mass is 301 g/mol. The predicted octanol–water partition coefficient (Wildman–Crippen LogP) is 4.73. The van der Waals surface area contributed by atoms with Crippen molar-refractivity contribution in [2.45, 2.75) is 45.1 Å². The highest BCUT2D eigenvalue weighted by Gasteiger charge is 2.30. The van der Waals surface area contributed by atoms with Gasteiger partial charge in [0.2, 0.25) is 0 Å². The molecule has 1 fully saturated rings. The minimum Gasteiger partial charge on any atom is -0.323 e. The van der Waals surface area contributed by atoms with E-state index in [1.54, 1.807) is 11.3 Å². The van der Waals surface area contributed by atoms with Gasteiger partial charge in [0.05, 0.1) is 3.79 Å². The van der Waals surface area contributed by atoms with Crippen LogP contribution in [-0.4, -0.2) is 0 Å². The summed E-state index contributed by atoms with van der Waals surface area (Å²) < 4.78 is 1.20. The molecule has 90 valence electrons. The zero-order valence-electron chi connectivity index (χ0n) is 9.79. The van der Waals surface area contributed by atoms with Gasteiger partial charge in [-0.25, -0.2) is 0 Å². The van der Waals surface area contributed by atoms with E-state index in [4.69, 9.17) is 5.73 Å². The summed E-state index contributed by atoms with van der Waals surface area (Å²) in [5, 5.41) is 0. The van der Waals surface area contributed by atoms with Crippen molar-refractivity contribution in [3.63, 3.8) is 0 Å². The average molecular weight is 302 g/mol. The molecule has 2 N–H and O–H groups in total. The third-order valence-corrected chi connectivity index (χ3v) is 5.60. The van der Waals surface area contributed by atoms with Gasteiger partial charge >= 0.3 is 0 Å². The minimum absolute atomic E-state index is 0.251. The number of hydrogen-bond acceptors (Lipinski definition) is 2. The number of nitrogens with two attached hydrogens (primary N) is 1. The van der Waals surface area contributed by atoms with Crippen LogP contribution in [0.15, 0.2) is 15.9 Å². The summed E-state index contributed by atoms with van der Waals surface area (Å²) in [6.45, 7) is 2.31. The van der Waals surface area contributed by atoms with Gasteiger partial charge in [0, 0.05) is 10.9 Å². The van der Waals surface area contributed by atoms with E-state index in [1.165, 1.54) is 40.8 Å². The first kappa shape index (κ1) is 12.6. The van der Waals surface area contributed by atoms with Gasteiger partial charge in [-0.3, -0.25) is 0 Å². The van der Waals surface area contributed by atoms with Gasteiger partial charge in [0.15, 0.2) is 0 Å². The molecule has 3 heteroatoms. The van der Waals surface area contributed by atoms with Crippen LogP contribution in [0.25, 0.3) is 0 Å². The Bertz CT molecular complexity index is 336. The number of hydrogen-bond donors (Lipinski definition) is 1. The molecule has 3 atom stereocenters. The number of thiophene rings is 1. The molecular formula is C13H20BrNS. The van der Waals surface area contributed by atoms with Crippen molar-refractivity contribution in [1.29, 1.82) is 0 Å². The molecule has 0 bridgehead atoms. The third kappa shape index (κ3) is 2.69. The standard InChI is InChI=1S/C13H20BrNS/c1-2-9-5-3-4-6-10(9)13(15)11-7-8-12(14)16-11/h7-10,13H,2-6,15H2,1H3. The van der Waals surface area contributed by atoms with E-state index >= 15 is 0 Å². The molecule has 1 aromatic heterocycles. The first-order valence-electron chi connectivity index (χ1n) is 6.23. The van der Waals surface area contributed by atoms with Crippen LogP contribution in [0.5, 0.6) is 0 Å². The summed E-state index contributed by atoms with van der Waals surface area (Å²) in [6.07, 6.45) is 6.73. The van der Waals surface area contributed by atoms with Gasteiger partial charge in [-0.05, 0) is 46.3 Å². The van der Waals surface area contributed by atoms with E-state index in [1.807, 2.05) is 0 Å². The van der Waals surface area contributed by atoms with Crippen LogP contribution in [0, 0.1) is 11.8 Å². The van der Waals surface area contributed by atoms with Crippen molar-refractivity contribution < 1.29 is 0 Å². The van der Waals surface area contributed by atoms with Gasteiger partial charge in [0.1, 0.15) is 0 Å². The molecular weight excluding hydrogens is 282 g/mol. The molecule has 16 heavy (non-hydrogen) atoms. The third-order valence-electron chi connectivity index (χ3n) is 3.88. The summed E-state index contributed by atoms with van der Waals surface area (Å²) in [7, 11) is 0. The van der Waals surface area contributed by atoms with Crippen molar-refractivity contribution in [2.75, 3.05) is 0 Å². The number of halogens is 1. The fourth-order valence-corrected chi connectivity index (χ4v) is 4.44. The molecule has 0 spiro atoms. The molecule has 0 aliphatic heterocycles. The van der Waals surface area contributed by atoms with Gasteiger partial charge in [-0.15, -0.1) is 11.3 Å². The van der Waals surface area contributed by atoms with Gasteiger partial charge in [-0.1, -0.05) is 32.6 Å². The van der Waals surface area contributed by atoms with Crippen LogP contribution < -0.4 is 5.73 Å². The lowest BCUT2D eigenvalue weighted by molar-refractivity contribution is 0.198. The molecule has 1 nitrogen and oxygen atoms in total. The molecule has 0 amide bonds. The van der Waals surface area contributed by atoms with E-state index in [9.17, 15) is 0 Å². The van der Waals surface area contributed by atoms with Gasteiger partial charge in [0.25, 0.3) is 0 Å². The fraction of sp³-hybridized carbons (Fsp3) is 0.692. The van der Waals surface area contributed by atoms with E-state index in [0.29, 0.717) is 5.92 Å². The van der Waals surface area contributed by atoms with Crippen molar-refractivity contribution >= 4 is 27.3 Å². The van der Waals surface area contributed by atoms with Crippen LogP contribution in [0.2, 0.25) is 0 Å². The molecule has 1 saturated carbocycles. The molecule has 1 aliphatic carbocycles. The maximum Gasteiger partial charge on any atom is 0.0701 e. The highest BCUT2D eigenvalue weighted by Crippen LogP contribution is 2.41. The summed E-state index contributed by atoms with van der Waals surface area (Å²) in [4.78, 5) is 1.34. The van der Waals surface area contributed by atoms with Crippen LogP contribution in [0.4, 0.5) is 0 Å². The molecule has 0 aromatic carbocycles. The summed E-state index contributed by atoms with van der Waals surface area (Å²) in [5.41, 5.74) is 6.44. The second kappa shape index (κ2) is 5.65. The van der Waals surface area contributed by atoms with E-state index in [0.717, 1.165) is 5.92 Å². The quantitative estimate of drug-likeness (QED) is 0.858. The smallest absolute Gasteiger partial charge is 0.0701 e. The molecule has 1 aliphatic rings. The second-order valence-corrected chi connectivity index (χ2v) is 7.28. The van der Waals surface area contributed by atoms with Crippen LogP contribution in [-0.2, 0) is 0 Å². The van der Waals surface area contributed by atoms with E-state index < -0.39 is 0 Å². The Hall–Kier alpha value is 0.140. The van der Waals surface area contributed by atoms with Crippen LogP contribution in [0.3, 0.4) is 0 Å². The molecule has 0 radical (unpaired) electrons. The largest absolute Gasteiger partial charge is 0.323 e. The van der Waals surface area contributed by atoms with Crippen LogP contribution >= 0.6 is 27.3 Å². The SMILES string of the molecule is CCC1CCCCC1C(N)c1ccc(Br)s1. The summed E-state index contributed by atoms with van der Waals surface area (Å²) >= 11 is 5.31. The normalized spacial score (nSPS) is 27.9. The summed E-state index contributed by atoms with van der Waals surface area (Å²) in [5.74, 6) is 1.54. The fourth-order valence-electron chi connectivity index (χ4n) is 2.93. The van der Waals surface area contributed by atoms with Gasteiger partial charge in [-0.2, -0.15) is 0 Å². The number of rotatable bonds is 3. The van der Waals surface area contributed by atoms with Crippen molar-refractivity contribution in [3.05, 3.63) is 20.8 Å². The Kier molecular flexibility index (Phi) is 4.45. The van der Waals surface area contributed by atoms with Crippen molar-refractivity contribution in [3.8, 4) is 0 Å². The lowest BCUT2D eigenvalue weighted by atomic mass is 9.74.